The van der Waals surface area contributed by atoms with E-state index >= 15 is 0 Å². The summed E-state index contributed by atoms with van der Waals surface area (Å²) in [6.45, 7) is 2.22. The summed E-state index contributed by atoms with van der Waals surface area (Å²) in [5.74, 6) is 0.512. The van der Waals surface area contributed by atoms with E-state index in [4.69, 9.17) is 0 Å². The summed E-state index contributed by atoms with van der Waals surface area (Å²) < 4.78 is 1.79. The van der Waals surface area contributed by atoms with Crippen molar-refractivity contribution >= 4 is 11.9 Å². The molecule has 1 amide bonds. The number of carboxylic acid groups (broad SMARTS) is 1. The summed E-state index contributed by atoms with van der Waals surface area (Å²) >= 11 is 0. The van der Waals surface area contributed by atoms with Crippen molar-refractivity contribution in [1.82, 2.24) is 19.7 Å². The second-order valence-electron chi connectivity index (χ2n) is 7.23. The highest BCUT2D eigenvalue weighted by Crippen LogP contribution is 2.29. The molecule has 2 heterocycles. The van der Waals surface area contributed by atoms with Crippen LogP contribution in [0.1, 0.15) is 35.6 Å². The number of amides is 1. The Labute approximate surface area is 151 Å². The maximum absolute atomic E-state index is 12.9. The first kappa shape index (κ1) is 16.8. The van der Waals surface area contributed by atoms with Crippen LogP contribution in [-0.4, -0.2) is 42.7 Å². The number of hydrogen-bond donors (Lipinski definition) is 1. The van der Waals surface area contributed by atoms with Crippen molar-refractivity contribution in [2.24, 2.45) is 5.92 Å². The van der Waals surface area contributed by atoms with Crippen LogP contribution in [-0.2, 0) is 35.5 Å². The van der Waals surface area contributed by atoms with Gasteiger partial charge < -0.3 is 14.6 Å². The third-order valence-corrected chi connectivity index (χ3v) is 5.57. The van der Waals surface area contributed by atoms with Crippen LogP contribution < -0.4 is 0 Å². The molecular formula is C19H22N4O3. The Bertz CT molecular complexity index is 860. The fraction of sp³-hybridized carbons (Fsp3) is 0.474. The molecule has 0 saturated carbocycles. The maximum Gasteiger partial charge on any atom is 0.328 e. The van der Waals surface area contributed by atoms with Gasteiger partial charge in [-0.15, -0.1) is 10.2 Å². The van der Waals surface area contributed by atoms with E-state index in [1.165, 1.54) is 16.0 Å². The van der Waals surface area contributed by atoms with Crippen molar-refractivity contribution in [3.8, 4) is 0 Å². The molecular weight excluding hydrogens is 332 g/mol. The summed E-state index contributed by atoms with van der Waals surface area (Å²) in [7, 11) is 0. The lowest BCUT2D eigenvalue weighted by molar-refractivity contribution is -0.153. The third-order valence-electron chi connectivity index (χ3n) is 5.57. The first-order valence-corrected chi connectivity index (χ1v) is 9.00. The van der Waals surface area contributed by atoms with Gasteiger partial charge in [-0.05, 0) is 43.2 Å². The smallest absolute Gasteiger partial charge is 0.328 e. The second-order valence-corrected chi connectivity index (χ2v) is 7.23. The van der Waals surface area contributed by atoms with Crippen LogP contribution in [0.2, 0.25) is 0 Å². The molecule has 1 aromatic carbocycles. The Morgan fingerprint density at radius 1 is 1.23 bits per heavy atom. The molecule has 0 spiro atoms. The predicted octanol–water partition coefficient (Wildman–Crippen LogP) is 1.58. The molecule has 1 aliphatic carbocycles. The zero-order chi connectivity index (χ0) is 18.3. The molecule has 2 atom stereocenters. The molecule has 1 aromatic heterocycles. The fourth-order valence-electron chi connectivity index (χ4n) is 4.10. The summed E-state index contributed by atoms with van der Waals surface area (Å²) in [5, 5.41) is 17.7. The molecule has 0 saturated heterocycles. The van der Waals surface area contributed by atoms with Crippen LogP contribution in [0.3, 0.4) is 0 Å². The molecule has 4 rings (SSSR count). The van der Waals surface area contributed by atoms with Crippen molar-refractivity contribution in [3.63, 3.8) is 0 Å². The van der Waals surface area contributed by atoms with Crippen molar-refractivity contribution in [2.75, 3.05) is 0 Å². The van der Waals surface area contributed by atoms with E-state index < -0.39 is 12.0 Å². The number of nitrogens with zero attached hydrogens (tertiary/aromatic N) is 4. The number of rotatable bonds is 3. The number of hydrogen-bond acceptors (Lipinski definition) is 4. The molecule has 0 fully saturated rings. The molecule has 0 bridgehead atoms. The number of aryl methyl sites for hydroxylation is 2. The van der Waals surface area contributed by atoms with Crippen LogP contribution in [0.4, 0.5) is 0 Å². The molecule has 1 aliphatic heterocycles. The van der Waals surface area contributed by atoms with Gasteiger partial charge in [-0.25, -0.2) is 4.79 Å². The van der Waals surface area contributed by atoms with E-state index in [1.807, 2.05) is 12.1 Å². The number of carbonyl (C=O) groups is 2. The number of carboxylic acids is 1. The predicted molar refractivity (Wildman–Crippen MR) is 93.3 cm³/mol. The summed E-state index contributed by atoms with van der Waals surface area (Å²) in [6, 6.07) is 7.49. The lowest BCUT2D eigenvalue weighted by Crippen LogP contribution is -2.51. The zero-order valence-electron chi connectivity index (χ0n) is 14.8. The average molecular weight is 354 g/mol. The van der Waals surface area contributed by atoms with Crippen molar-refractivity contribution in [3.05, 3.63) is 47.0 Å². The summed E-state index contributed by atoms with van der Waals surface area (Å²) in [5.41, 5.74) is 2.67. The van der Waals surface area contributed by atoms with E-state index in [0.29, 0.717) is 18.1 Å². The van der Waals surface area contributed by atoms with Crippen molar-refractivity contribution in [1.29, 1.82) is 0 Å². The number of aliphatic carboxylic acids is 1. The minimum absolute atomic E-state index is 0.103. The Morgan fingerprint density at radius 2 is 2.00 bits per heavy atom. The van der Waals surface area contributed by atoms with Crippen LogP contribution >= 0.6 is 0 Å². The van der Waals surface area contributed by atoms with Crippen LogP contribution in [0.5, 0.6) is 0 Å². The molecule has 2 unspecified atom stereocenters. The summed E-state index contributed by atoms with van der Waals surface area (Å²) in [4.78, 5) is 26.1. The lowest BCUT2D eigenvalue weighted by atomic mass is 9.82. The standard InChI is InChI=1S/C19H22N4O3/c1-12-20-21-17-11-23(16(19(25)26)10-22(12)17)18(24)9-13-6-7-14-4-2-3-5-15(14)8-13/h2-5,13,16H,6-11H2,1H3,(H,25,26). The zero-order valence-corrected chi connectivity index (χ0v) is 14.8. The van der Waals surface area contributed by atoms with Crippen molar-refractivity contribution < 1.29 is 14.7 Å². The fourth-order valence-corrected chi connectivity index (χ4v) is 4.10. The number of benzene rings is 1. The molecule has 0 radical (unpaired) electrons. The van der Waals surface area contributed by atoms with Gasteiger partial charge in [0.1, 0.15) is 11.9 Å². The van der Waals surface area contributed by atoms with E-state index in [1.54, 1.807) is 11.5 Å². The highest BCUT2D eigenvalue weighted by molar-refractivity contribution is 5.84. The lowest BCUT2D eigenvalue weighted by Gasteiger charge is -2.35. The van der Waals surface area contributed by atoms with Gasteiger partial charge in [-0.1, -0.05) is 24.3 Å². The molecule has 2 aliphatic rings. The number of carbonyl (C=O) groups excluding carboxylic acids is 1. The highest BCUT2D eigenvalue weighted by atomic mass is 16.4. The Hall–Kier alpha value is -2.70. The number of aromatic nitrogens is 3. The van der Waals surface area contributed by atoms with Gasteiger partial charge in [0.2, 0.25) is 5.91 Å². The minimum Gasteiger partial charge on any atom is -0.480 e. The van der Waals surface area contributed by atoms with Gasteiger partial charge in [-0.3, -0.25) is 4.79 Å². The maximum atomic E-state index is 12.9. The van der Waals surface area contributed by atoms with E-state index in [-0.39, 0.29) is 24.9 Å². The molecule has 136 valence electrons. The molecule has 1 N–H and O–H groups in total. The molecule has 2 aromatic rings. The highest BCUT2D eigenvalue weighted by Gasteiger charge is 2.37. The Morgan fingerprint density at radius 3 is 2.77 bits per heavy atom. The molecule has 7 nitrogen and oxygen atoms in total. The average Bonchev–Trinajstić information content (AvgIpc) is 3.01. The van der Waals surface area contributed by atoms with Crippen LogP contribution in [0, 0.1) is 12.8 Å². The van der Waals surface area contributed by atoms with E-state index in [2.05, 4.69) is 22.3 Å². The SMILES string of the molecule is Cc1nnc2n1CC(C(=O)O)N(C(=O)CC1CCc3ccccc3C1)C2. The normalized spacial score (nSPS) is 21.8. The quantitative estimate of drug-likeness (QED) is 0.904. The van der Waals surface area contributed by atoms with E-state index in [9.17, 15) is 14.7 Å². The van der Waals surface area contributed by atoms with E-state index in [0.717, 1.165) is 19.3 Å². The van der Waals surface area contributed by atoms with Gasteiger partial charge in [0, 0.05) is 6.42 Å². The minimum atomic E-state index is -0.980. The van der Waals surface area contributed by atoms with Gasteiger partial charge in [-0.2, -0.15) is 0 Å². The van der Waals surface area contributed by atoms with Crippen LogP contribution in [0.25, 0.3) is 0 Å². The monoisotopic (exact) mass is 354 g/mol. The topological polar surface area (TPSA) is 88.3 Å². The second kappa shape index (κ2) is 6.55. The third kappa shape index (κ3) is 2.98. The van der Waals surface area contributed by atoms with Crippen LogP contribution in [0.15, 0.2) is 24.3 Å². The summed E-state index contributed by atoms with van der Waals surface area (Å²) in [6.07, 6.45) is 3.20. The molecule has 26 heavy (non-hydrogen) atoms. The van der Waals surface area contributed by atoms with Gasteiger partial charge in [0.15, 0.2) is 5.82 Å². The Balaban J connectivity index is 1.49. The van der Waals surface area contributed by atoms with Gasteiger partial charge in [0.25, 0.3) is 0 Å². The first-order valence-electron chi connectivity index (χ1n) is 9.00. The van der Waals surface area contributed by atoms with Gasteiger partial charge >= 0.3 is 5.97 Å². The van der Waals surface area contributed by atoms with Gasteiger partial charge in [0.05, 0.1) is 13.1 Å². The first-order chi connectivity index (χ1) is 12.5. The molecule has 7 heteroatoms. The van der Waals surface area contributed by atoms with Crippen molar-refractivity contribution in [2.45, 2.75) is 51.7 Å². The Kier molecular flexibility index (Phi) is 4.22. The number of fused-ring (bicyclic) bond motifs is 2. The largest absolute Gasteiger partial charge is 0.480 e.